The van der Waals surface area contributed by atoms with Crippen molar-refractivity contribution in [3.8, 4) is 0 Å². The van der Waals surface area contributed by atoms with Crippen molar-refractivity contribution < 1.29 is 19.4 Å². The van der Waals surface area contributed by atoms with Gasteiger partial charge < -0.3 is 9.84 Å². The molecule has 0 aliphatic carbocycles. The molecule has 0 aliphatic heterocycles. The van der Waals surface area contributed by atoms with Crippen LogP contribution >= 0.6 is 0 Å². The van der Waals surface area contributed by atoms with E-state index in [-0.39, 0.29) is 6.42 Å². The Bertz CT molecular complexity index is 538. The predicted octanol–water partition coefficient (Wildman–Crippen LogP) is 3.11. The molecule has 0 radical (unpaired) electrons. The molecule has 2 aromatic carbocycles. The molecule has 0 atom stereocenters. The third-order valence-electron chi connectivity index (χ3n) is 2.89. The van der Waals surface area contributed by atoms with Gasteiger partial charge in [0.15, 0.2) is 0 Å². The normalized spacial score (nSPS) is 9.27. The van der Waals surface area contributed by atoms with Crippen molar-refractivity contribution in [3.63, 3.8) is 0 Å². The summed E-state index contributed by atoms with van der Waals surface area (Å²) in [5.41, 5.74) is 2.27. The molecule has 0 aliphatic rings. The second-order valence-electron chi connectivity index (χ2n) is 4.58. The molecule has 0 aromatic heterocycles. The summed E-state index contributed by atoms with van der Waals surface area (Å²) in [6.45, 7) is 0.941. The van der Waals surface area contributed by atoms with Crippen molar-refractivity contribution in [2.45, 2.75) is 19.3 Å². The van der Waals surface area contributed by atoms with E-state index in [0.29, 0.717) is 19.5 Å². The Kier molecular flexibility index (Phi) is 8.78. The second kappa shape index (κ2) is 11.1. The van der Waals surface area contributed by atoms with Crippen LogP contribution in [-0.2, 0) is 27.2 Å². The third-order valence-corrected chi connectivity index (χ3v) is 2.89. The van der Waals surface area contributed by atoms with Crippen molar-refractivity contribution >= 4 is 12.4 Å². The van der Waals surface area contributed by atoms with Crippen LogP contribution < -0.4 is 0 Å². The van der Waals surface area contributed by atoms with Gasteiger partial charge in [-0.3, -0.25) is 9.59 Å². The fraction of sp³-hybridized carbons (Fsp3) is 0.222. The van der Waals surface area contributed by atoms with E-state index in [2.05, 4.69) is 4.74 Å². The van der Waals surface area contributed by atoms with Crippen LogP contribution in [0, 0.1) is 0 Å². The molecule has 22 heavy (non-hydrogen) atoms. The first-order chi connectivity index (χ1) is 10.7. The van der Waals surface area contributed by atoms with Gasteiger partial charge in [-0.15, -0.1) is 0 Å². The highest BCUT2D eigenvalue weighted by Gasteiger charge is 1.96. The summed E-state index contributed by atoms with van der Waals surface area (Å²) < 4.78 is 4.56. The van der Waals surface area contributed by atoms with Crippen molar-refractivity contribution in [3.05, 3.63) is 71.8 Å². The Morgan fingerprint density at radius 1 is 0.909 bits per heavy atom. The number of aliphatic carboxylic acids is 1. The Morgan fingerprint density at radius 3 is 1.86 bits per heavy atom. The SMILES string of the molecule is O=C(O)CCc1ccccc1.O=COCCc1ccccc1. The number of carboxylic acid groups (broad SMARTS) is 1. The van der Waals surface area contributed by atoms with Gasteiger partial charge in [0.2, 0.25) is 0 Å². The number of hydrogen-bond acceptors (Lipinski definition) is 3. The zero-order valence-corrected chi connectivity index (χ0v) is 12.4. The van der Waals surface area contributed by atoms with Gasteiger partial charge in [-0.1, -0.05) is 60.7 Å². The molecule has 2 aromatic rings. The smallest absolute Gasteiger partial charge is 0.303 e. The standard InChI is InChI=1S/2C9H10O2/c10-8-11-7-6-9-4-2-1-3-5-9;10-9(11)7-6-8-4-2-1-3-5-8/h1-5,8H,6-7H2;1-5H,6-7H2,(H,10,11). The number of aryl methyl sites for hydroxylation is 1. The highest BCUT2D eigenvalue weighted by atomic mass is 16.5. The largest absolute Gasteiger partial charge is 0.481 e. The molecule has 0 fully saturated rings. The number of carboxylic acids is 1. The van der Waals surface area contributed by atoms with Crippen LogP contribution in [0.2, 0.25) is 0 Å². The minimum Gasteiger partial charge on any atom is -0.481 e. The number of rotatable bonds is 7. The Labute approximate surface area is 130 Å². The van der Waals surface area contributed by atoms with Crippen LogP contribution in [0.15, 0.2) is 60.7 Å². The van der Waals surface area contributed by atoms with Crippen LogP contribution in [0.1, 0.15) is 17.5 Å². The molecule has 0 unspecified atom stereocenters. The minimum absolute atomic E-state index is 0.212. The summed E-state index contributed by atoms with van der Waals surface area (Å²) in [6.07, 6.45) is 1.62. The maximum Gasteiger partial charge on any atom is 0.303 e. The van der Waals surface area contributed by atoms with E-state index in [1.54, 1.807) is 0 Å². The molecule has 0 heterocycles. The van der Waals surface area contributed by atoms with Gasteiger partial charge in [-0.25, -0.2) is 0 Å². The fourth-order valence-electron chi connectivity index (χ4n) is 1.77. The maximum absolute atomic E-state index is 10.2. The van der Waals surface area contributed by atoms with E-state index in [0.717, 1.165) is 12.0 Å². The Hall–Kier alpha value is -2.62. The fourth-order valence-corrected chi connectivity index (χ4v) is 1.77. The summed E-state index contributed by atoms with van der Waals surface area (Å²) in [5, 5.41) is 8.37. The Balaban J connectivity index is 0.000000220. The molecule has 0 saturated heterocycles. The second-order valence-corrected chi connectivity index (χ2v) is 4.58. The van der Waals surface area contributed by atoms with E-state index in [1.165, 1.54) is 5.56 Å². The third kappa shape index (κ3) is 8.53. The molecule has 0 spiro atoms. The first kappa shape index (κ1) is 17.4. The number of benzene rings is 2. The maximum atomic E-state index is 10.2. The summed E-state index contributed by atoms with van der Waals surface area (Å²) in [6, 6.07) is 19.5. The molecule has 0 saturated carbocycles. The van der Waals surface area contributed by atoms with Crippen molar-refractivity contribution in [2.75, 3.05) is 6.61 Å². The van der Waals surface area contributed by atoms with Crippen LogP contribution in [0.25, 0.3) is 0 Å². The van der Waals surface area contributed by atoms with E-state index in [9.17, 15) is 9.59 Å². The zero-order valence-electron chi connectivity index (χ0n) is 12.4. The highest BCUT2D eigenvalue weighted by Crippen LogP contribution is 2.01. The van der Waals surface area contributed by atoms with Crippen molar-refractivity contribution in [1.82, 2.24) is 0 Å². The van der Waals surface area contributed by atoms with Gasteiger partial charge in [-0.05, 0) is 17.5 Å². The molecular weight excluding hydrogens is 280 g/mol. The lowest BCUT2D eigenvalue weighted by Gasteiger charge is -1.97. The van der Waals surface area contributed by atoms with Gasteiger partial charge >= 0.3 is 5.97 Å². The molecule has 4 heteroatoms. The minimum atomic E-state index is -0.742. The lowest BCUT2D eigenvalue weighted by atomic mass is 10.1. The summed E-state index contributed by atoms with van der Waals surface area (Å²) in [4.78, 5) is 19.9. The number of hydrogen-bond donors (Lipinski definition) is 1. The van der Waals surface area contributed by atoms with E-state index >= 15 is 0 Å². The quantitative estimate of drug-likeness (QED) is 0.630. The zero-order chi connectivity index (χ0) is 16.0. The van der Waals surface area contributed by atoms with E-state index < -0.39 is 5.97 Å². The van der Waals surface area contributed by atoms with Crippen LogP contribution in [0.5, 0.6) is 0 Å². The molecule has 4 nitrogen and oxygen atoms in total. The molecular formula is C18H20O4. The highest BCUT2D eigenvalue weighted by molar-refractivity contribution is 5.67. The number of carbonyl (C=O) groups is 2. The van der Waals surface area contributed by atoms with Crippen molar-refractivity contribution in [1.29, 1.82) is 0 Å². The number of ether oxygens (including phenoxy) is 1. The average molecular weight is 300 g/mol. The summed E-state index contributed by atoms with van der Waals surface area (Å²) in [5.74, 6) is -0.742. The summed E-state index contributed by atoms with van der Waals surface area (Å²) in [7, 11) is 0. The molecule has 2 rings (SSSR count). The van der Waals surface area contributed by atoms with Gasteiger partial charge in [0, 0.05) is 12.8 Å². The van der Waals surface area contributed by atoms with Gasteiger partial charge in [-0.2, -0.15) is 0 Å². The van der Waals surface area contributed by atoms with Gasteiger partial charge in [0.25, 0.3) is 6.47 Å². The van der Waals surface area contributed by atoms with E-state index in [1.807, 2.05) is 60.7 Å². The monoisotopic (exact) mass is 300 g/mol. The molecule has 1 N–H and O–H groups in total. The van der Waals surface area contributed by atoms with Gasteiger partial charge in [0.1, 0.15) is 0 Å². The average Bonchev–Trinajstić information content (AvgIpc) is 2.56. The molecule has 116 valence electrons. The van der Waals surface area contributed by atoms with Crippen LogP contribution in [0.3, 0.4) is 0 Å². The topological polar surface area (TPSA) is 63.6 Å². The first-order valence-corrected chi connectivity index (χ1v) is 7.07. The first-order valence-electron chi connectivity index (χ1n) is 7.07. The summed E-state index contributed by atoms with van der Waals surface area (Å²) >= 11 is 0. The molecule has 0 bridgehead atoms. The van der Waals surface area contributed by atoms with Gasteiger partial charge in [0.05, 0.1) is 6.61 Å². The van der Waals surface area contributed by atoms with E-state index in [4.69, 9.17) is 5.11 Å². The van der Waals surface area contributed by atoms with Crippen LogP contribution in [-0.4, -0.2) is 24.2 Å². The number of carbonyl (C=O) groups excluding carboxylic acids is 1. The van der Waals surface area contributed by atoms with Crippen LogP contribution in [0.4, 0.5) is 0 Å². The van der Waals surface area contributed by atoms with Crippen molar-refractivity contribution in [2.24, 2.45) is 0 Å². The lowest BCUT2D eigenvalue weighted by Crippen LogP contribution is -1.96. The molecule has 0 amide bonds. The lowest BCUT2D eigenvalue weighted by molar-refractivity contribution is -0.137. The predicted molar refractivity (Wildman–Crippen MR) is 84.6 cm³/mol. The Morgan fingerprint density at radius 2 is 1.41 bits per heavy atom.